The summed E-state index contributed by atoms with van der Waals surface area (Å²) < 4.78 is 5.39. The fourth-order valence-corrected chi connectivity index (χ4v) is 3.84. The number of piperidine rings is 1. The van der Waals surface area contributed by atoms with Crippen molar-refractivity contribution in [1.29, 1.82) is 0 Å². The molecule has 4 heteroatoms. The standard InChI is InChI=1S/C17H23NO3/c1-2-16-13(9-11-21-16)17(20)18-10-4-3-7-14(18)12-6-5-8-15(12)19/h9,11-12,14H,2-8,10H2,1H3. The molecule has 1 aliphatic carbocycles. The smallest absolute Gasteiger partial charge is 0.257 e. The van der Waals surface area contributed by atoms with E-state index in [2.05, 4.69) is 0 Å². The van der Waals surface area contributed by atoms with Gasteiger partial charge in [-0.15, -0.1) is 0 Å². The third kappa shape index (κ3) is 2.63. The number of carbonyl (C=O) groups is 2. The van der Waals surface area contributed by atoms with E-state index in [1.807, 2.05) is 11.8 Å². The summed E-state index contributed by atoms with van der Waals surface area (Å²) in [6.45, 7) is 2.76. The molecular weight excluding hydrogens is 266 g/mol. The molecule has 2 atom stereocenters. The number of amides is 1. The molecule has 4 nitrogen and oxygen atoms in total. The summed E-state index contributed by atoms with van der Waals surface area (Å²) in [5.41, 5.74) is 0.676. The van der Waals surface area contributed by atoms with Gasteiger partial charge in [-0.3, -0.25) is 9.59 Å². The molecule has 114 valence electrons. The molecule has 0 bridgehead atoms. The monoisotopic (exact) mass is 289 g/mol. The minimum absolute atomic E-state index is 0.0463. The molecular formula is C17H23NO3. The van der Waals surface area contributed by atoms with Crippen molar-refractivity contribution in [1.82, 2.24) is 4.90 Å². The lowest BCUT2D eigenvalue weighted by Crippen LogP contribution is -2.48. The average Bonchev–Trinajstić information content (AvgIpc) is 3.14. The zero-order chi connectivity index (χ0) is 14.8. The molecule has 1 saturated carbocycles. The molecule has 3 rings (SSSR count). The van der Waals surface area contributed by atoms with Crippen LogP contribution in [-0.4, -0.2) is 29.2 Å². The second-order valence-electron chi connectivity index (χ2n) is 6.14. The van der Waals surface area contributed by atoms with Gasteiger partial charge in [0.2, 0.25) is 0 Å². The molecule has 0 aromatic carbocycles. The summed E-state index contributed by atoms with van der Waals surface area (Å²) in [7, 11) is 0. The van der Waals surface area contributed by atoms with Gasteiger partial charge in [0.05, 0.1) is 11.8 Å². The van der Waals surface area contributed by atoms with Gasteiger partial charge >= 0.3 is 0 Å². The van der Waals surface area contributed by atoms with Crippen LogP contribution in [0.5, 0.6) is 0 Å². The van der Waals surface area contributed by atoms with E-state index >= 15 is 0 Å². The van der Waals surface area contributed by atoms with Crippen LogP contribution in [-0.2, 0) is 11.2 Å². The van der Waals surface area contributed by atoms with Crippen molar-refractivity contribution in [2.45, 2.75) is 57.9 Å². The summed E-state index contributed by atoms with van der Waals surface area (Å²) in [5.74, 6) is 1.21. The Labute approximate surface area is 125 Å². The number of carbonyl (C=O) groups excluding carboxylic acids is 2. The van der Waals surface area contributed by atoms with Crippen LogP contribution in [0, 0.1) is 5.92 Å². The predicted octanol–water partition coefficient (Wildman–Crippen LogP) is 3.21. The van der Waals surface area contributed by atoms with Gasteiger partial charge in [-0.25, -0.2) is 0 Å². The van der Waals surface area contributed by atoms with Gasteiger partial charge in [0, 0.05) is 31.3 Å². The van der Waals surface area contributed by atoms with Crippen LogP contribution in [0.3, 0.4) is 0 Å². The van der Waals surface area contributed by atoms with Gasteiger partial charge in [0.15, 0.2) is 0 Å². The third-order valence-electron chi connectivity index (χ3n) is 4.92. The summed E-state index contributed by atoms with van der Waals surface area (Å²) in [5, 5.41) is 0. The molecule has 21 heavy (non-hydrogen) atoms. The minimum atomic E-state index is 0.0463. The van der Waals surface area contributed by atoms with E-state index in [9.17, 15) is 9.59 Å². The Balaban J connectivity index is 1.84. The number of rotatable bonds is 3. The molecule has 1 aromatic rings. The Morgan fingerprint density at radius 3 is 2.90 bits per heavy atom. The predicted molar refractivity (Wildman–Crippen MR) is 79.1 cm³/mol. The van der Waals surface area contributed by atoms with Crippen LogP contribution >= 0.6 is 0 Å². The highest BCUT2D eigenvalue weighted by Gasteiger charge is 2.39. The first-order valence-corrected chi connectivity index (χ1v) is 8.12. The van der Waals surface area contributed by atoms with Crippen molar-refractivity contribution in [3.8, 4) is 0 Å². The lowest BCUT2D eigenvalue weighted by molar-refractivity contribution is -0.122. The third-order valence-corrected chi connectivity index (χ3v) is 4.92. The van der Waals surface area contributed by atoms with E-state index in [4.69, 9.17) is 4.42 Å². The van der Waals surface area contributed by atoms with Crippen molar-refractivity contribution < 1.29 is 14.0 Å². The highest BCUT2D eigenvalue weighted by Crippen LogP contribution is 2.33. The fraction of sp³-hybridized carbons (Fsp3) is 0.647. The number of aryl methyl sites for hydroxylation is 1. The van der Waals surface area contributed by atoms with E-state index < -0.39 is 0 Å². The molecule has 1 aromatic heterocycles. The van der Waals surface area contributed by atoms with Gasteiger partial charge in [-0.2, -0.15) is 0 Å². The Morgan fingerprint density at radius 1 is 1.33 bits per heavy atom. The first kappa shape index (κ1) is 14.4. The number of nitrogens with zero attached hydrogens (tertiary/aromatic N) is 1. The molecule has 1 aliphatic heterocycles. The zero-order valence-corrected chi connectivity index (χ0v) is 12.6. The molecule has 2 fully saturated rings. The molecule has 2 aliphatic rings. The maximum absolute atomic E-state index is 12.9. The van der Waals surface area contributed by atoms with E-state index in [1.54, 1.807) is 12.3 Å². The maximum Gasteiger partial charge on any atom is 0.257 e. The fourth-order valence-electron chi connectivity index (χ4n) is 3.84. The van der Waals surface area contributed by atoms with Crippen molar-refractivity contribution in [3.63, 3.8) is 0 Å². The molecule has 2 heterocycles. The van der Waals surface area contributed by atoms with Gasteiger partial charge in [-0.05, 0) is 38.2 Å². The van der Waals surface area contributed by atoms with Crippen molar-refractivity contribution in [3.05, 3.63) is 23.7 Å². The maximum atomic E-state index is 12.9. The van der Waals surface area contributed by atoms with Crippen LogP contribution in [0.1, 0.15) is 61.6 Å². The summed E-state index contributed by atoms with van der Waals surface area (Å²) in [6, 6.07) is 1.87. The molecule has 2 unspecified atom stereocenters. The first-order chi connectivity index (χ1) is 10.2. The lowest BCUT2D eigenvalue weighted by atomic mass is 9.88. The minimum Gasteiger partial charge on any atom is -0.469 e. The van der Waals surface area contributed by atoms with Crippen LogP contribution in [0.25, 0.3) is 0 Å². The number of Topliss-reactive ketones (excluding diaryl/α,β-unsaturated/α-hetero) is 1. The Hall–Kier alpha value is -1.58. The number of hydrogen-bond donors (Lipinski definition) is 0. The molecule has 1 amide bonds. The van der Waals surface area contributed by atoms with E-state index in [-0.39, 0.29) is 17.9 Å². The number of ketones is 1. The summed E-state index contributed by atoms with van der Waals surface area (Å²) in [4.78, 5) is 26.9. The van der Waals surface area contributed by atoms with Crippen molar-refractivity contribution in [2.75, 3.05) is 6.54 Å². The molecule has 0 radical (unpaired) electrons. The molecule has 0 spiro atoms. The topological polar surface area (TPSA) is 50.5 Å². The van der Waals surface area contributed by atoms with Gasteiger partial charge in [-0.1, -0.05) is 6.92 Å². The number of furan rings is 1. The van der Waals surface area contributed by atoms with Gasteiger partial charge < -0.3 is 9.32 Å². The Morgan fingerprint density at radius 2 is 2.19 bits per heavy atom. The normalized spacial score (nSPS) is 26.3. The van der Waals surface area contributed by atoms with Crippen molar-refractivity contribution >= 4 is 11.7 Å². The van der Waals surface area contributed by atoms with Crippen LogP contribution < -0.4 is 0 Å². The molecule has 0 N–H and O–H groups in total. The average molecular weight is 289 g/mol. The van der Waals surface area contributed by atoms with Gasteiger partial charge in [0.25, 0.3) is 5.91 Å². The van der Waals surface area contributed by atoms with Gasteiger partial charge in [0.1, 0.15) is 11.5 Å². The zero-order valence-electron chi connectivity index (χ0n) is 12.6. The Kier molecular flexibility index (Phi) is 4.13. The van der Waals surface area contributed by atoms with E-state index in [1.165, 1.54) is 0 Å². The van der Waals surface area contributed by atoms with Crippen LogP contribution in [0.4, 0.5) is 0 Å². The van der Waals surface area contributed by atoms with Crippen LogP contribution in [0.2, 0.25) is 0 Å². The number of likely N-dealkylation sites (tertiary alicyclic amines) is 1. The second-order valence-corrected chi connectivity index (χ2v) is 6.14. The first-order valence-electron chi connectivity index (χ1n) is 8.12. The lowest BCUT2D eigenvalue weighted by Gasteiger charge is -2.38. The second kappa shape index (κ2) is 6.04. The quantitative estimate of drug-likeness (QED) is 0.858. The summed E-state index contributed by atoms with van der Waals surface area (Å²) >= 11 is 0. The van der Waals surface area contributed by atoms with Crippen molar-refractivity contribution in [2.24, 2.45) is 5.92 Å². The van der Waals surface area contributed by atoms with E-state index in [0.29, 0.717) is 17.8 Å². The SMILES string of the molecule is CCc1occc1C(=O)N1CCCCC1C1CCCC1=O. The summed E-state index contributed by atoms with van der Waals surface area (Å²) in [6.07, 6.45) is 8.03. The van der Waals surface area contributed by atoms with Crippen LogP contribution in [0.15, 0.2) is 16.7 Å². The molecule has 1 saturated heterocycles. The Bertz CT molecular complexity index is 534. The van der Waals surface area contributed by atoms with E-state index in [0.717, 1.165) is 50.8 Å². The highest BCUT2D eigenvalue weighted by atomic mass is 16.3. The largest absolute Gasteiger partial charge is 0.469 e. The number of hydrogen-bond acceptors (Lipinski definition) is 3. The highest BCUT2D eigenvalue weighted by molar-refractivity contribution is 5.96.